The smallest absolute Gasteiger partial charge is 0.258 e. The van der Waals surface area contributed by atoms with Gasteiger partial charge in [0.15, 0.2) is 4.96 Å². The molecule has 2 aromatic heterocycles. The zero-order valence-electron chi connectivity index (χ0n) is 12.9. The quantitative estimate of drug-likeness (QED) is 0.611. The number of rotatable bonds is 7. The lowest BCUT2D eigenvalue weighted by atomic mass is 10.3. The van der Waals surface area contributed by atoms with Gasteiger partial charge in [-0.3, -0.25) is 9.20 Å². The monoisotopic (exact) mass is 346 g/mol. The summed E-state index contributed by atoms with van der Waals surface area (Å²) in [6, 6.07) is 11.5. The number of fused-ring (bicyclic) bond motifs is 1. The zero-order chi connectivity index (χ0) is 16.1. The lowest BCUT2D eigenvalue weighted by molar-refractivity contribution is 0.318. The Morgan fingerprint density at radius 3 is 2.96 bits per heavy atom. The Morgan fingerprint density at radius 1 is 1.30 bits per heavy atom. The van der Waals surface area contributed by atoms with Crippen molar-refractivity contribution in [2.24, 2.45) is 0 Å². The maximum absolute atomic E-state index is 12.1. The second-order valence-corrected chi connectivity index (χ2v) is 7.09. The molecule has 0 aliphatic heterocycles. The van der Waals surface area contributed by atoms with Gasteiger partial charge >= 0.3 is 0 Å². The second kappa shape index (κ2) is 7.66. The Morgan fingerprint density at radius 2 is 2.13 bits per heavy atom. The Labute approximate surface area is 143 Å². The van der Waals surface area contributed by atoms with E-state index in [4.69, 9.17) is 4.74 Å². The number of hydrogen-bond donors (Lipinski definition) is 0. The Balaban J connectivity index is 1.45. The van der Waals surface area contributed by atoms with Crippen molar-refractivity contribution < 1.29 is 4.74 Å². The molecule has 0 spiro atoms. The van der Waals surface area contributed by atoms with E-state index in [9.17, 15) is 4.79 Å². The van der Waals surface area contributed by atoms with Gasteiger partial charge in [0.05, 0.1) is 12.3 Å². The molecule has 0 saturated heterocycles. The SMILES string of the molecule is Cc1csc2nc(CSCCCOc3ccccc3)cc(=O)n12. The van der Waals surface area contributed by atoms with E-state index >= 15 is 0 Å². The highest BCUT2D eigenvalue weighted by atomic mass is 32.2. The fourth-order valence-corrected chi connectivity index (χ4v) is 3.93. The van der Waals surface area contributed by atoms with Gasteiger partial charge in [0, 0.05) is 22.9 Å². The van der Waals surface area contributed by atoms with Crippen LogP contribution in [0.1, 0.15) is 17.8 Å². The van der Waals surface area contributed by atoms with E-state index in [0.717, 1.165) is 40.0 Å². The highest BCUT2D eigenvalue weighted by Gasteiger charge is 2.06. The third-order valence-corrected chi connectivity index (χ3v) is 5.34. The summed E-state index contributed by atoms with van der Waals surface area (Å²) < 4.78 is 7.32. The number of aromatic nitrogens is 2. The molecule has 0 N–H and O–H groups in total. The Hall–Kier alpha value is -1.79. The molecular formula is C17H18N2O2S2. The standard InChI is InChI=1S/C17H18N2O2S2/c1-13-11-23-17-18-14(10-16(20)19(13)17)12-22-9-5-8-21-15-6-3-2-4-7-15/h2-4,6-7,10-11H,5,8-9,12H2,1H3. The molecule has 4 nitrogen and oxygen atoms in total. The van der Waals surface area contributed by atoms with E-state index in [0.29, 0.717) is 6.61 Å². The van der Waals surface area contributed by atoms with Crippen LogP contribution in [0.15, 0.2) is 46.6 Å². The van der Waals surface area contributed by atoms with Crippen LogP contribution < -0.4 is 10.3 Å². The number of thioether (sulfide) groups is 1. The van der Waals surface area contributed by atoms with Crippen LogP contribution in [0.4, 0.5) is 0 Å². The largest absolute Gasteiger partial charge is 0.494 e. The lowest BCUT2D eigenvalue weighted by Gasteiger charge is -2.05. The van der Waals surface area contributed by atoms with Gasteiger partial charge in [-0.25, -0.2) is 4.98 Å². The van der Waals surface area contributed by atoms with Gasteiger partial charge in [-0.15, -0.1) is 11.3 Å². The van der Waals surface area contributed by atoms with Crippen LogP contribution >= 0.6 is 23.1 Å². The topological polar surface area (TPSA) is 43.6 Å². The molecule has 0 bridgehead atoms. The molecule has 2 heterocycles. The number of benzene rings is 1. The van der Waals surface area contributed by atoms with Crippen molar-refractivity contribution in [3.63, 3.8) is 0 Å². The van der Waals surface area contributed by atoms with Crippen molar-refractivity contribution in [2.75, 3.05) is 12.4 Å². The summed E-state index contributed by atoms with van der Waals surface area (Å²) in [5, 5.41) is 1.96. The van der Waals surface area contributed by atoms with Crippen molar-refractivity contribution in [1.82, 2.24) is 9.38 Å². The van der Waals surface area contributed by atoms with Crippen molar-refractivity contribution in [3.8, 4) is 5.75 Å². The Bertz CT molecular complexity index is 827. The van der Waals surface area contributed by atoms with E-state index in [2.05, 4.69) is 4.98 Å². The molecule has 3 rings (SSSR count). The fourth-order valence-electron chi connectivity index (χ4n) is 2.22. The third kappa shape index (κ3) is 4.14. The second-order valence-electron chi connectivity index (χ2n) is 5.15. The van der Waals surface area contributed by atoms with Crippen LogP contribution in [0.5, 0.6) is 5.75 Å². The van der Waals surface area contributed by atoms with Gasteiger partial charge in [-0.2, -0.15) is 11.8 Å². The summed E-state index contributed by atoms with van der Waals surface area (Å²) in [5.74, 6) is 2.65. The average Bonchev–Trinajstić information content (AvgIpc) is 2.93. The summed E-state index contributed by atoms with van der Waals surface area (Å²) in [4.78, 5) is 17.4. The molecule has 6 heteroatoms. The normalized spacial score (nSPS) is 11.0. The van der Waals surface area contributed by atoms with E-state index < -0.39 is 0 Å². The summed E-state index contributed by atoms with van der Waals surface area (Å²) >= 11 is 3.29. The van der Waals surface area contributed by atoms with E-state index in [1.165, 1.54) is 11.3 Å². The van der Waals surface area contributed by atoms with Crippen molar-refractivity contribution in [3.05, 3.63) is 63.5 Å². The van der Waals surface area contributed by atoms with Gasteiger partial charge < -0.3 is 4.74 Å². The number of nitrogens with zero attached hydrogens (tertiary/aromatic N) is 2. The van der Waals surface area contributed by atoms with Gasteiger partial charge in [-0.05, 0) is 31.2 Å². The van der Waals surface area contributed by atoms with Crippen LogP contribution in [0.25, 0.3) is 4.96 Å². The number of hydrogen-bond acceptors (Lipinski definition) is 5. The van der Waals surface area contributed by atoms with Crippen LogP contribution in [0, 0.1) is 6.92 Å². The maximum atomic E-state index is 12.1. The van der Waals surface area contributed by atoms with E-state index in [-0.39, 0.29) is 5.56 Å². The number of para-hydroxylation sites is 1. The van der Waals surface area contributed by atoms with Crippen LogP contribution in [-0.2, 0) is 5.75 Å². The van der Waals surface area contributed by atoms with Crippen LogP contribution in [0.2, 0.25) is 0 Å². The van der Waals surface area contributed by atoms with E-state index in [1.807, 2.05) is 42.6 Å². The minimum Gasteiger partial charge on any atom is -0.494 e. The minimum atomic E-state index is 0.0109. The van der Waals surface area contributed by atoms with Crippen molar-refractivity contribution >= 4 is 28.1 Å². The minimum absolute atomic E-state index is 0.0109. The first-order chi connectivity index (χ1) is 11.2. The lowest BCUT2D eigenvalue weighted by Crippen LogP contribution is -2.14. The van der Waals surface area contributed by atoms with Gasteiger partial charge in [0.25, 0.3) is 5.56 Å². The molecule has 0 unspecified atom stereocenters. The van der Waals surface area contributed by atoms with Crippen molar-refractivity contribution in [2.45, 2.75) is 19.1 Å². The number of thiazole rings is 1. The van der Waals surface area contributed by atoms with Gasteiger partial charge in [0.1, 0.15) is 5.75 Å². The maximum Gasteiger partial charge on any atom is 0.258 e. The molecular weight excluding hydrogens is 328 g/mol. The van der Waals surface area contributed by atoms with Gasteiger partial charge in [0.2, 0.25) is 0 Å². The molecule has 0 radical (unpaired) electrons. The van der Waals surface area contributed by atoms with Crippen LogP contribution in [-0.4, -0.2) is 21.7 Å². The van der Waals surface area contributed by atoms with Crippen LogP contribution in [0.3, 0.4) is 0 Å². The molecule has 0 atom stereocenters. The average molecular weight is 346 g/mol. The molecule has 0 aliphatic carbocycles. The Kier molecular flexibility index (Phi) is 5.35. The molecule has 0 aliphatic rings. The molecule has 3 aromatic rings. The third-order valence-electron chi connectivity index (χ3n) is 3.32. The number of ether oxygens (including phenoxy) is 1. The first kappa shape index (κ1) is 16.1. The predicted molar refractivity (Wildman–Crippen MR) is 96.8 cm³/mol. The fraction of sp³-hybridized carbons (Fsp3) is 0.294. The highest BCUT2D eigenvalue weighted by molar-refractivity contribution is 7.98. The summed E-state index contributed by atoms with van der Waals surface area (Å²) in [6.07, 6.45) is 0.971. The summed E-state index contributed by atoms with van der Waals surface area (Å²) in [7, 11) is 0. The van der Waals surface area contributed by atoms with Gasteiger partial charge in [-0.1, -0.05) is 18.2 Å². The molecule has 1 aromatic carbocycles. The number of aryl methyl sites for hydroxylation is 1. The highest BCUT2D eigenvalue weighted by Crippen LogP contribution is 2.15. The van der Waals surface area contributed by atoms with E-state index in [1.54, 1.807) is 22.2 Å². The zero-order valence-corrected chi connectivity index (χ0v) is 14.5. The first-order valence-electron chi connectivity index (χ1n) is 7.46. The van der Waals surface area contributed by atoms with Crippen molar-refractivity contribution in [1.29, 1.82) is 0 Å². The molecule has 0 amide bonds. The molecule has 120 valence electrons. The first-order valence-corrected chi connectivity index (χ1v) is 9.50. The summed E-state index contributed by atoms with van der Waals surface area (Å²) in [5.41, 5.74) is 1.81. The molecule has 23 heavy (non-hydrogen) atoms. The molecule has 0 saturated carbocycles. The summed E-state index contributed by atoms with van der Waals surface area (Å²) in [6.45, 7) is 2.63. The predicted octanol–water partition coefficient (Wildman–Crippen LogP) is 3.77. The molecule has 0 fully saturated rings.